The molecule has 0 atom stereocenters. The average molecular weight is 414 g/mol. The zero-order chi connectivity index (χ0) is 19.7. The van der Waals surface area contributed by atoms with Gasteiger partial charge in [-0.05, 0) is 32.3 Å². The Kier molecular flexibility index (Phi) is 5.13. The highest BCUT2D eigenvalue weighted by molar-refractivity contribution is 6.39. The summed E-state index contributed by atoms with van der Waals surface area (Å²) >= 11 is 12.6. The molecule has 0 amide bonds. The van der Waals surface area contributed by atoms with E-state index >= 15 is 0 Å². The van der Waals surface area contributed by atoms with E-state index in [0.717, 1.165) is 11.2 Å². The summed E-state index contributed by atoms with van der Waals surface area (Å²) in [5.74, 6) is 1.81. The number of aromatic amines is 1. The molecule has 7 nitrogen and oxygen atoms in total. The van der Waals surface area contributed by atoms with Gasteiger partial charge in [0, 0.05) is 18.8 Å². The van der Waals surface area contributed by atoms with E-state index in [2.05, 4.69) is 30.2 Å². The Hall–Kier alpha value is -2.74. The molecule has 3 aromatic heterocycles. The van der Waals surface area contributed by atoms with Crippen LogP contribution in [0.15, 0.2) is 42.9 Å². The fourth-order valence-corrected chi connectivity index (χ4v) is 3.44. The van der Waals surface area contributed by atoms with Crippen LogP contribution in [0.4, 0.5) is 11.6 Å². The molecule has 0 saturated carbocycles. The van der Waals surface area contributed by atoms with Crippen LogP contribution >= 0.6 is 23.2 Å². The second-order valence-electron chi connectivity index (χ2n) is 6.50. The summed E-state index contributed by atoms with van der Waals surface area (Å²) in [5.41, 5.74) is 3.04. The number of aromatic nitrogens is 5. The second-order valence-corrected chi connectivity index (χ2v) is 7.31. The van der Waals surface area contributed by atoms with Crippen LogP contribution in [0.25, 0.3) is 22.4 Å². The average Bonchev–Trinajstić information content (AvgIpc) is 3.06. The van der Waals surface area contributed by atoms with E-state index in [-0.39, 0.29) is 0 Å². The van der Waals surface area contributed by atoms with Crippen molar-refractivity contribution in [1.29, 1.82) is 0 Å². The number of nitrogens with zero attached hydrogens (tertiary/aromatic N) is 5. The Labute approximate surface area is 171 Å². The summed E-state index contributed by atoms with van der Waals surface area (Å²) in [6, 6.07) is 9.09. The molecule has 0 saturated heterocycles. The third-order valence-electron chi connectivity index (χ3n) is 4.05. The molecule has 142 valence electrons. The molecule has 0 aliphatic heterocycles. The van der Waals surface area contributed by atoms with Gasteiger partial charge in [-0.1, -0.05) is 29.3 Å². The maximum absolute atomic E-state index is 6.32. The number of benzene rings is 1. The van der Waals surface area contributed by atoms with Crippen LogP contribution in [0, 0.1) is 0 Å². The minimum Gasteiger partial charge on any atom is -0.338 e. The summed E-state index contributed by atoms with van der Waals surface area (Å²) in [7, 11) is 3.98. The number of rotatable bonds is 5. The molecule has 4 rings (SSSR count). The molecule has 0 fully saturated rings. The molecule has 0 unspecified atom stereocenters. The van der Waals surface area contributed by atoms with Gasteiger partial charge in [0.1, 0.15) is 23.5 Å². The van der Waals surface area contributed by atoms with Crippen LogP contribution in [-0.2, 0) is 6.54 Å². The molecule has 0 aliphatic rings. The second kappa shape index (κ2) is 7.71. The van der Waals surface area contributed by atoms with Crippen molar-refractivity contribution in [3.63, 3.8) is 0 Å². The summed E-state index contributed by atoms with van der Waals surface area (Å²) in [5, 5.41) is 4.28. The molecule has 9 heteroatoms. The monoisotopic (exact) mass is 413 g/mol. The topological polar surface area (TPSA) is 82.6 Å². The van der Waals surface area contributed by atoms with Crippen molar-refractivity contribution in [2.45, 2.75) is 6.54 Å². The number of anilines is 2. The summed E-state index contributed by atoms with van der Waals surface area (Å²) in [6.45, 7) is 0.715. The summed E-state index contributed by atoms with van der Waals surface area (Å²) in [6.07, 6.45) is 3.23. The Morgan fingerprint density at radius 1 is 1.07 bits per heavy atom. The highest BCUT2D eigenvalue weighted by Gasteiger charge is 2.15. The SMILES string of the molecule is CN(C)Cc1cc(Nc2nccc3[nH]c(-c4c(Cl)cccc4Cl)nc23)ncn1. The van der Waals surface area contributed by atoms with E-state index in [9.17, 15) is 0 Å². The van der Waals surface area contributed by atoms with Gasteiger partial charge in [0.25, 0.3) is 0 Å². The molecule has 0 bridgehead atoms. The number of fused-ring (bicyclic) bond motifs is 1. The minimum atomic E-state index is 0.526. The highest BCUT2D eigenvalue weighted by Crippen LogP contribution is 2.34. The molecule has 4 aromatic rings. The Bertz CT molecular complexity index is 1120. The van der Waals surface area contributed by atoms with Crippen LogP contribution in [0.2, 0.25) is 10.0 Å². The van der Waals surface area contributed by atoms with Crippen molar-refractivity contribution in [2.75, 3.05) is 19.4 Å². The Balaban J connectivity index is 1.72. The molecule has 0 aliphatic carbocycles. The fourth-order valence-electron chi connectivity index (χ4n) is 2.87. The van der Waals surface area contributed by atoms with E-state index in [4.69, 9.17) is 23.2 Å². The lowest BCUT2D eigenvalue weighted by Gasteiger charge is -2.10. The maximum atomic E-state index is 6.32. The lowest BCUT2D eigenvalue weighted by molar-refractivity contribution is 0.396. The molecule has 2 N–H and O–H groups in total. The molecule has 0 spiro atoms. The molecule has 3 heterocycles. The molecular formula is C19H17Cl2N7. The van der Waals surface area contributed by atoms with Gasteiger partial charge >= 0.3 is 0 Å². The van der Waals surface area contributed by atoms with Gasteiger partial charge < -0.3 is 15.2 Å². The van der Waals surface area contributed by atoms with Crippen molar-refractivity contribution >= 4 is 45.9 Å². The first kappa shape index (κ1) is 18.6. The third kappa shape index (κ3) is 3.77. The summed E-state index contributed by atoms with van der Waals surface area (Å²) in [4.78, 5) is 22.9. The van der Waals surface area contributed by atoms with Crippen LogP contribution in [-0.4, -0.2) is 43.9 Å². The van der Waals surface area contributed by atoms with Crippen LogP contribution in [0.3, 0.4) is 0 Å². The van der Waals surface area contributed by atoms with Crippen LogP contribution < -0.4 is 5.32 Å². The van der Waals surface area contributed by atoms with Crippen molar-refractivity contribution < 1.29 is 0 Å². The standard InChI is InChI=1S/C19H17Cl2N7/c1-28(2)9-11-8-15(24-10-23-11)26-19-17-14(6-7-22-19)25-18(27-17)16-12(20)4-3-5-13(16)21/h3-8,10H,9H2,1-2H3,(H,25,27)(H,22,23,24,26). The lowest BCUT2D eigenvalue weighted by Crippen LogP contribution is -2.12. The number of pyridine rings is 1. The first-order chi connectivity index (χ1) is 13.5. The predicted octanol–water partition coefficient (Wildman–Crippen LogP) is 4.53. The van der Waals surface area contributed by atoms with E-state index in [1.807, 2.05) is 31.1 Å². The van der Waals surface area contributed by atoms with Gasteiger partial charge in [-0.2, -0.15) is 0 Å². The minimum absolute atomic E-state index is 0.526. The first-order valence-electron chi connectivity index (χ1n) is 8.53. The van der Waals surface area contributed by atoms with Gasteiger partial charge in [-0.15, -0.1) is 0 Å². The third-order valence-corrected chi connectivity index (χ3v) is 4.68. The lowest BCUT2D eigenvalue weighted by atomic mass is 10.2. The van der Waals surface area contributed by atoms with Crippen LogP contribution in [0.1, 0.15) is 5.69 Å². The zero-order valence-corrected chi connectivity index (χ0v) is 16.8. The van der Waals surface area contributed by atoms with Gasteiger partial charge in [-0.3, -0.25) is 0 Å². The van der Waals surface area contributed by atoms with E-state index in [1.54, 1.807) is 24.4 Å². The number of hydrogen-bond donors (Lipinski definition) is 2. The van der Waals surface area contributed by atoms with Gasteiger partial charge in [-0.25, -0.2) is 19.9 Å². The normalized spacial score (nSPS) is 11.3. The molecule has 0 radical (unpaired) electrons. The summed E-state index contributed by atoms with van der Waals surface area (Å²) < 4.78 is 0. The molecule has 1 aromatic carbocycles. The Morgan fingerprint density at radius 3 is 2.61 bits per heavy atom. The maximum Gasteiger partial charge on any atom is 0.159 e. The van der Waals surface area contributed by atoms with Crippen molar-refractivity contribution in [2.24, 2.45) is 0 Å². The Morgan fingerprint density at radius 2 is 1.86 bits per heavy atom. The zero-order valence-electron chi connectivity index (χ0n) is 15.2. The fraction of sp³-hybridized carbons (Fsp3) is 0.158. The predicted molar refractivity (Wildman–Crippen MR) is 112 cm³/mol. The van der Waals surface area contributed by atoms with E-state index in [0.29, 0.717) is 45.1 Å². The number of hydrogen-bond acceptors (Lipinski definition) is 6. The highest BCUT2D eigenvalue weighted by atomic mass is 35.5. The van der Waals surface area contributed by atoms with Gasteiger partial charge in [0.15, 0.2) is 5.82 Å². The van der Waals surface area contributed by atoms with E-state index in [1.165, 1.54) is 6.33 Å². The van der Waals surface area contributed by atoms with Crippen LogP contribution in [0.5, 0.6) is 0 Å². The first-order valence-corrected chi connectivity index (χ1v) is 9.28. The van der Waals surface area contributed by atoms with Gasteiger partial charge in [0.05, 0.1) is 26.8 Å². The van der Waals surface area contributed by atoms with E-state index < -0.39 is 0 Å². The molecular weight excluding hydrogens is 397 g/mol. The largest absolute Gasteiger partial charge is 0.338 e. The number of imidazole rings is 1. The quantitative estimate of drug-likeness (QED) is 0.500. The number of H-pyrrole nitrogens is 1. The van der Waals surface area contributed by atoms with Gasteiger partial charge in [0.2, 0.25) is 0 Å². The number of halogens is 2. The smallest absolute Gasteiger partial charge is 0.159 e. The van der Waals surface area contributed by atoms with Crippen molar-refractivity contribution in [3.8, 4) is 11.4 Å². The molecule has 28 heavy (non-hydrogen) atoms. The van der Waals surface area contributed by atoms with Crippen molar-refractivity contribution in [3.05, 3.63) is 58.6 Å². The van der Waals surface area contributed by atoms with Crippen molar-refractivity contribution in [1.82, 2.24) is 29.8 Å². The number of nitrogens with one attached hydrogen (secondary N) is 2.